The van der Waals surface area contributed by atoms with E-state index in [-0.39, 0.29) is 5.91 Å². The molecule has 0 aliphatic heterocycles. The van der Waals surface area contributed by atoms with Gasteiger partial charge in [0.05, 0.1) is 17.9 Å². The number of nitrogens with one attached hydrogen (secondary N) is 1. The van der Waals surface area contributed by atoms with Crippen LogP contribution in [0.5, 0.6) is 0 Å². The lowest BCUT2D eigenvalue weighted by atomic mass is 10.1. The van der Waals surface area contributed by atoms with Crippen LogP contribution in [0, 0.1) is 0 Å². The smallest absolute Gasteiger partial charge is 0.233 e. The van der Waals surface area contributed by atoms with Gasteiger partial charge in [0, 0.05) is 25.4 Å². The summed E-state index contributed by atoms with van der Waals surface area (Å²) in [7, 11) is 3.59. The standard InChI is InChI=1S/C18H20N4O/c1-19-17(23)13-21(2)12-15-18(14-8-4-3-5-9-14)20-16-10-6-7-11-22(15)16/h3-11H,12-13H2,1-2H3,(H,19,23). The van der Waals surface area contributed by atoms with Gasteiger partial charge in [-0.05, 0) is 19.2 Å². The highest BCUT2D eigenvalue weighted by atomic mass is 16.1. The number of rotatable bonds is 5. The van der Waals surface area contributed by atoms with Gasteiger partial charge in [-0.15, -0.1) is 0 Å². The molecule has 2 aromatic heterocycles. The fraction of sp³-hybridized carbons (Fsp3) is 0.222. The maximum atomic E-state index is 11.6. The van der Waals surface area contributed by atoms with Crippen LogP contribution in [-0.2, 0) is 11.3 Å². The summed E-state index contributed by atoms with van der Waals surface area (Å²) in [5, 5.41) is 2.66. The molecule has 0 unspecified atom stereocenters. The molecule has 0 atom stereocenters. The average molecular weight is 308 g/mol. The highest BCUT2D eigenvalue weighted by Crippen LogP contribution is 2.25. The van der Waals surface area contributed by atoms with Crippen molar-refractivity contribution in [2.75, 3.05) is 20.6 Å². The normalized spacial score (nSPS) is 11.1. The summed E-state index contributed by atoms with van der Waals surface area (Å²) in [6, 6.07) is 16.1. The zero-order chi connectivity index (χ0) is 16.2. The molecule has 1 aromatic carbocycles. The van der Waals surface area contributed by atoms with Crippen LogP contribution in [0.4, 0.5) is 0 Å². The number of nitrogens with zero attached hydrogens (tertiary/aromatic N) is 3. The Hall–Kier alpha value is -2.66. The van der Waals surface area contributed by atoms with Crippen molar-refractivity contribution in [3.8, 4) is 11.3 Å². The number of hydrogen-bond donors (Lipinski definition) is 1. The number of pyridine rings is 1. The molecule has 2 heterocycles. The van der Waals surface area contributed by atoms with E-state index in [9.17, 15) is 4.79 Å². The van der Waals surface area contributed by atoms with E-state index in [4.69, 9.17) is 4.98 Å². The van der Waals surface area contributed by atoms with E-state index in [0.717, 1.165) is 22.6 Å². The first-order valence-electron chi connectivity index (χ1n) is 7.59. The van der Waals surface area contributed by atoms with Gasteiger partial charge in [0.2, 0.25) is 5.91 Å². The third kappa shape index (κ3) is 3.24. The number of hydrogen-bond acceptors (Lipinski definition) is 3. The maximum Gasteiger partial charge on any atom is 0.233 e. The lowest BCUT2D eigenvalue weighted by Gasteiger charge is -2.16. The van der Waals surface area contributed by atoms with Gasteiger partial charge in [0.15, 0.2) is 0 Å². The molecular weight excluding hydrogens is 288 g/mol. The molecule has 118 valence electrons. The third-order valence-corrected chi connectivity index (χ3v) is 3.79. The van der Waals surface area contributed by atoms with E-state index in [0.29, 0.717) is 13.1 Å². The molecule has 0 fully saturated rings. The van der Waals surface area contributed by atoms with E-state index >= 15 is 0 Å². The molecule has 0 saturated heterocycles. The second-order valence-corrected chi connectivity index (χ2v) is 5.55. The monoisotopic (exact) mass is 308 g/mol. The zero-order valence-electron chi connectivity index (χ0n) is 13.4. The number of imidazole rings is 1. The Morgan fingerprint density at radius 2 is 1.91 bits per heavy atom. The van der Waals surface area contributed by atoms with Gasteiger partial charge in [-0.2, -0.15) is 0 Å². The molecular formula is C18H20N4O. The van der Waals surface area contributed by atoms with Gasteiger partial charge in [-0.3, -0.25) is 9.69 Å². The summed E-state index contributed by atoms with van der Waals surface area (Å²) in [5.74, 6) is 0.00239. The van der Waals surface area contributed by atoms with Crippen LogP contribution >= 0.6 is 0 Å². The van der Waals surface area contributed by atoms with Crippen molar-refractivity contribution in [3.63, 3.8) is 0 Å². The van der Waals surface area contributed by atoms with Crippen molar-refractivity contribution in [1.29, 1.82) is 0 Å². The molecule has 0 bridgehead atoms. The minimum Gasteiger partial charge on any atom is -0.358 e. The number of amides is 1. The predicted molar refractivity (Wildman–Crippen MR) is 91.0 cm³/mol. The van der Waals surface area contributed by atoms with Gasteiger partial charge in [-0.25, -0.2) is 4.98 Å². The molecule has 0 radical (unpaired) electrons. The summed E-state index contributed by atoms with van der Waals surface area (Å²) in [4.78, 5) is 18.4. The summed E-state index contributed by atoms with van der Waals surface area (Å²) in [5.41, 5.74) is 4.04. The lowest BCUT2D eigenvalue weighted by molar-refractivity contribution is -0.121. The van der Waals surface area contributed by atoms with Crippen LogP contribution in [0.25, 0.3) is 16.9 Å². The van der Waals surface area contributed by atoms with Gasteiger partial charge in [0.25, 0.3) is 0 Å². The second-order valence-electron chi connectivity index (χ2n) is 5.55. The van der Waals surface area contributed by atoms with Crippen LogP contribution in [0.2, 0.25) is 0 Å². The SMILES string of the molecule is CNC(=O)CN(C)Cc1c(-c2ccccc2)nc2ccccn12. The molecule has 0 spiro atoms. The fourth-order valence-corrected chi connectivity index (χ4v) is 2.66. The minimum absolute atomic E-state index is 0.00239. The van der Waals surface area contributed by atoms with E-state index < -0.39 is 0 Å². The molecule has 5 heteroatoms. The van der Waals surface area contributed by atoms with Crippen LogP contribution < -0.4 is 5.32 Å². The number of carbonyl (C=O) groups excluding carboxylic acids is 1. The Bertz CT molecular complexity index is 810. The van der Waals surface area contributed by atoms with E-state index in [1.807, 2.05) is 54.5 Å². The maximum absolute atomic E-state index is 11.6. The van der Waals surface area contributed by atoms with Crippen molar-refractivity contribution in [2.45, 2.75) is 6.54 Å². The van der Waals surface area contributed by atoms with Crippen molar-refractivity contribution in [2.24, 2.45) is 0 Å². The quantitative estimate of drug-likeness (QED) is 0.786. The van der Waals surface area contributed by atoms with Gasteiger partial charge in [0.1, 0.15) is 5.65 Å². The van der Waals surface area contributed by atoms with Crippen LogP contribution in [-0.4, -0.2) is 40.8 Å². The molecule has 1 N–H and O–H groups in total. The van der Waals surface area contributed by atoms with Gasteiger partial charge < -0.3 is 9.72 Å². The van der Waals surface area contributed by atoms with E-state index in [1.165, 1.54) is 0 Å². The first-order valence-corrected chi connectivity index (χ1v) is 7.59. The summed E-state index contributed by atoms with van der Waals surface area (Å²) >= 11 is 0. The Balaban J connectivity index is 2.01. The summed E-state index contributed by atoms with van der Waals surface area (Å²) in [6.45, 7) is 0.994. The molecule has 0 aliphatic carbocycles. The number of fused-ring (bicyclic) bond motifs is 1. The molecule has 0 aliphatic rings. The van der Waals surface area contributed by atoms with Crippen LogP contribution in [0.1, 0.15) is 5.69 Å². The van der Waals surface area contributed by atoms with Crippen molar-refractivity contribution in [3.05, 3.63) is 60.4 Å². The van der Waals surface area contributed by atoms with Gasteiger partial charge >= 0.3 is 0 Å². The highest BCUT2D eigenvalue weighted by Gasteiger charge is 2.16. The highest BCUT2D eigenvalue weighted by molar-refractivity contribution is 5.77. The molecule has 3 rings (SSSR count). The average Bonchev–Trinajstić information content (AvgIpc) is 2.94. The molecule has 23 heavy (non-hydrogen) atoms. The first-order chi connectivity index (χ1) is 11.2. The topological polar surface area (TPSA) is 49.6 Å². The Kier molecular flexibility index (Phi) is 4.39. The molecule has 1 amide bonds. The molecule has 0 saturated carbocycles. The Morgan fingerprint density at radius 1 is 1.17 bits per heavy atom. The number of benzene rings is 1. The van der Waals surface area contributed by atoms with Crippen molar-refractivity contribution < 1.29 is 4.79 Å². The number of aromatic nitrogens is 2. The number of likely N-dealkylation sites (N-methyl/N-ethyl adjacent to an activating group) is 2. The third-order valence-electron chi connectivity index (χ3n) is 3.79. The zero-order valence-corrected chi connectivity index (χ0v) is 13.4. The Morgan fingerprint density at radius 3 is 2.65 bits per heavy atom. The van der Waals surface area contributed by atoms with E-state index in [1.54, 1.807) is 7.05 Å². The second kappa shape index (κ2) is 6.62. The minimum atomic E-state index is 0.00239. The predicted octanol–water partition coefficient (Wildman–Crippen LogP) is 2.18. The molecule has 3 aromatic rings. The van der Waals surface area contributed by atoms with Gasteiger partial charge in [-0.1, -0.05) is 36.4 Å². The largest absolute Gasteiger partial charge is 0.358 e. The summed E-state index contributed by atoms with van der Waals surface area (Å²) in [6.07, 6.45) is 2.01. The summed E-state index contributed by atoms with van der Waals surface area (Å²) < 4.78 is 2.09. The first kappa shape index (κ1) is 15.2. The fourth-order valence-electron chi connectivity index (χ4n) is 2.66. The number of carbonyl (C=O) groups is 1. The van der Waals surface area contributed by atoms with Crippen LogP contribution in [0.3, 0.4) is 0 Å². The van der Waals surface area contributed by atoms with Crippen molar-refractivity contribution >= 4 is 11.6 Å². The van der Waals surface area contributed by atoms with E-state index in [2.05, 4.69) is 21.9 Å². The van der Waals surface area contributed by atoms with Crippen LogP contribution in [0.15, 0.2) is 54.7 Å². The molecule has 5 nitrogen and oxygen atoms in total. The Labute approximate surface area is 135 Å². The lowest BCUT2D eigenvalue weighted by Crippen LogP contribution is -2.33. The van der Waals surface area contributed by atoms with Crippen molar-refractivity contribution in [1.82, 2.24) is 19.6 Å².